The first kappa shape index (κ1) is 19.5. The smallest absolute Gasteiger partial charge is 0.237 e. The molecule has 3 N–H and O–H groups in total. The van der Waals surface area contributed by atoms with Gasteiger partial charge in [0.15, 0.2) is 11.5 Å². The Morgan fingerprint density at radius 1 is 1.24 bits per heavy atom. The fourth-order valence-electron chi connectivity index (χ4n) is 2.99. The number of carbonyl (C=O) groups excluding carboxylic acids is 1. The second-order valence-corrected chi connectivity index (χ2v) is 6.78. The van der Waals surface area contributed by atoms with E-state index in [0.717, 1.165) is 18.4 Å². The summed E-state index contributed by atoms with van der Waals surface area (Å²) < 4.78 is 16.5. The van der Waals surface area contributed by atoms with Crippen molar-refractivity contribution in [3.8, 4) is 11.5 Å². The van der Waals surface area contributed by atoms with Crippen LogP contribution in [0.25, 0.3) is 0 Å². The van der Waals surface area contributed by atoms with Crippen LogP contribution >= 0.6 is 0 Å². The predicted molar refractivity (Wildman–Crippen MR) is 96.8 cm³/mol. The summed E-state index contributed by atoms with van der Waals surface area (Å²) in [4.78, 5) is 12.5. The molecule has 2 atom stereocenters. The number of amides is 1. The van der Waals surface area contributed by atoms with E-state index < -0.39 is 6.04 Å². The lowest BCUT2D eigenvalue weighted by molar-refractivity contribution is -0.125. The van der Waals surface area contributed by atoms with Crippen molar-refractivity contribution in [2.24, 2.45) is 11.7 Å². The summed E-state index contributed by atoms with van der Waals surface area (Å²) in [7, 11) is 1.61. The molecule has 0 bridgehead atoms. The lowest BCUT2D eigenvalue weighted by Gasteiger charge is -2.28. The molecule has 2 unspecified atom stereocenters. The molecular weight excluding hydrogens is 320 g/mol. The van der Waals surface area contributed by atoms with Crippen molar-refractivity contribution in [2.45, 2.75) is 51.8 Å². The normalized spacial score (nSPS) is 17.8. The van der Waals surface area contributed by atoms with Crippen LogP contribution in [0.2, 0.25) is 0 Å². The maximum Gasteiger partial charge on any atom is 0.237 e. The van der Waals surface area contributed by atoms with Crippen LogP contribution in [0.3, 0.4) is 0 Å². The summed E-state index contributed by atoms with van der Waals surface area (Å²) >= 11 is 0. The quantitative estimate of drug-likeness (QED) is 0.789. The fourth-order valence-corrected chi connectivity index (χ4v) is 2.99. The first-order valence-electron chi connectivity index (χ1n) is 8.90. The Labute approximate surface area is 150 Å². The van der Waals surface area contributed by atoms with Crippen LogP contribution in [0.1, 0.15) is 45.2 Å². The first-order chi connectivity index (χ1) is 11.9. The molecule has 0 radical (unpaired) electrons. The standard InChI is InChI=1S/C19H30N2O4/c1-12(2)25-16-6-5-15(11-17(16)23-4)13(3)21-19(22)18(20)14-7-9-24-10-8-14/h5-6,11-14,18H,7-10,20H2,1-4H3,(H,21,22). The van der Waals surface area contributed by atoms with E-state index in [-0.39, 0.29) is 24.0 Å². The van der Waals surface area contributed by atoms with Crippen LogP contribution in [-0.4, -0.2) is 38.4 Å². The molecule has 0 spiro atoms. The molecule has 6 nitrogen and oxygen atoms in total. The lowest BCUT2D eigenvalue weighted by atomic mass is 9.91. The Bertz CT molecular complexity index is 571. The van der Waals surface area contributed by atoms with Gasteiger partial charge in [-0.05, 0) is 57.2 Å². The zero-order valence-corrected chi connectivity index (χ0v) is 15.6. The largest absolute Gasteiger partial charge is 0.493 e. The van der Waals surface area contributed by atoms with Crippen LogP contribution in [0.5, 0.6) is 11.5 Å². The average Bonchev–Trinajstić information content (AvgIpc) is 2.61. The Hall–Kier alpha value is -1.79. The van der Waals surface area contributed by atoms with Gasteiger partial charge in [0.1, 0.15) is 0 Å². The van der Waals surface area contributed by atoms with Crippen molar-refractivity contribution < 1.29 is 19.0 Å². The summed E-state index contributed by atoms with van der Waals surface area (Å²) in [5.74, 6) is 1.40. The zero-order valence-electron chi connectivity index (χ0n) is 15.6. The van der Waals surface area contributed by atoms with Crippen LogP contribution in [0, 0.1) is 5.92 Å². The number of rotatable bonds is 7. The van der Waals surface area contributed by atoms with Gasteiger partial charge >= 0.3 is 0 Å². The maximum absolute atomic E-state index is 12.5. The van der Waals surface area contributed by atoms with Gasteiger partial charge < -0.3 is 25.3 Å². The molecule has 140 valence electrons. The van der Waals surface area contributed by atoms with E-state index in [1.165, 1.54) is 0 Å². The Morgan fingerprint density at radius 2 is 1.92 bits per heavy atom. The minimum Gasteiger partial charge on any atom is -0.493 e. The van der Waals surface area contributed by atoms with Gasteiger partial charge in [-0.25, -0.2) is 0 Å². The van der Waals surface area contributed by atoms with Gasteiger partial charge in [0.05, 0.1) is 25.3 Å². The molecule has 1 aromatic carbocycles. The molecule has 1 aliphatic heterocycles. The minimum absolute atomic E-state index is 0.0642. The molecule has 6 heteroatoms. The molecule has 0 aromatic heterocycles. The fraction of sp³-hybridized carbons (Fsp3) is 0.632. The highest BCUT2D eigenvalue weighted by atomic mass is 16.5. The van der Waals surface area contributed by atoms with Gasteiger partial charge in [-0.2, -0.15) is 0 Å². The van der Waals surface area contributed by atoms with Crippen molar-refractivity contribution >= 4 is 5.91 Å². The van der Waals surface area contributed by atoms with E-state index in [0.29, 0.717) is 24.7 Å². The molecule has 1 amide bonds. The molecule has 1 aromatic rings. The monoisotopic (exact) mass is 350 g/mol. The lowest BCUT2D eigenvalue weighted by Crippen LogP contribution is -2.47. The first-order valence-corrected chi connectivity index (χ1v) is 8.90. The van der Waals surface area contributed by atoms with Gasteiger partial charge in [0.25, 0.3) is 0 Å². The van der Waals surface area contributed by atoms with Crippen molar-refractivity contribution in [1.82, 2.24) is 5.32 Å². The van der Waals surface area contributed by atoms with Crippen molar-refractivity contribution in [1.29, 1.82) is 0 Å². The summed E-state index contributed by atoms with van der Waals surface area (Å²) in [6.07, 6.45) is 1.73. The number of hydrogen-bond donors (Lipinski definition) is 2. The molecule has 25 heavy (non-hydrogen) atoms. The Kier molecular flexibility index (Phi) is 7.08. The minimum atomic E-state index is -0.503. The Morgan fingerprint density at radius 3 is 2.52 bits per heavy atom. The van der Waals surface area contributed by atoms with Gasteiger partial charge in [0, 0.05) is 13.2 Å². The van der Waals surface area contributed by atoms with Gasteiger partial charge in [-0.15, -0.1) is 0 Å². The number of hydrogen-bond acceptors (Lipinski definition) is 5. The number of ether oxygens (including phenoxy) is 3. The van der Waals surface area contributed by atoms with E-state index >= 15 is 0 Å². The summed E-state index contributed by atoms with van der Waals surface area (Å²) in [5, 5.41) is 3.00. The van der Waals surface area contributed by atoms with E-state index in [4.69, 9.17) is 19.9 Å². The van der Waals surface area contributed by atoms with Crippen molar-refractivity contribution in [3.05, 3.63) is 23.8 Å². The highest BCUT2D eigenvalue weighted by Gasteiger charge is 2.27. The number of nitrogens with one attached hydrogen (secondary N) is 1. The van der Waals surface area contributed by atoms with E-state index in [1.54, 1.807) is 7.11 Å². The van der Waals surface area contributed by atoms with E-state index in [2.05, 4.69) is 5.32 Å². The van der Waals surface area contributed by atoms with Gasteiger partial charge in [-0.3, -0.25) is 4.79 Å². The highest BCUT2D eigenvalue weighted by Crippen LogP contribution is 2.31. The van der Waals surface area contributed by atoms with Gasteiger partial charge in [0.2, 0.25) is 5.91 Å². The number of carbonyl (C=O) groups is 1. The molecule has 1 heterocycles. The van der Waals surface area contributed by atoms with Gasteiger partial charge in [-0.1, -0.05) is 6.07 Å². The number of methoxy groups -OCH3 is 1. The van der Waals surface area contributed by atoms with Crippen LogP contribution in [0.4, 0.5) is 0 Å². The maximum atomic E-state index is 12.5. The zero-order chi connectivity index (χ0) is 18.4. The molecule has 0 saturated carbocycles. The van der Waals surface area contributed by atoms with Crippen molar-refractivity contribution in [2.75, 3.05) is 20.3 Å². The molecule has 1 aliphatic rings. The van der Waals surface area contributed by atoms with Crippen molar-refractivity contribution in [3.63, 3.8) is 0 Å². The molecule has 1 fully saturated rings. The third-order valence-electron chi connectivity index (χ3n) is 4.49. The summed E-state index contributed by atoms with van der Waals surface area (Å²) in [6, 6.07) is 5.03. The third-order valence-corrected chi connectivity index (χ3v) is 4.49. The van der Waals surface area contributed by atoms with E-state index in [1.807, 2.05) is 39.0 Å². The molecule has 0 aliphatic carbocycles. The second-order valence-electron chi connectivity index (χ2n) is 6.78. The second kappa shape index (κ2) is 9.06. The molecule has 1 saturated heterocycles. The SMILES string of the molecule is COc1cc(C(C)NC(=O)C(N)C2CCOCC2)ccc1OC(C)C. The Balaban J connectivity index is 2.01. The molecular formula is C19H30N2O4. The highest BCUT2D eigenvalue weighted by molar-refractivity contribution is 5.82. The predicted octanol–water partition coefficient (Wildman–Crippen LogP) is 2.41. The van der Waals surface area contributed by atoms with E-state index in [9.17, 15) is 4.79 Å². The summed E-state index contributed by atoms with van der Waals surface area (Å²) in [6.45, 7) is 7.22. The third kappa shape index (κ3) is 5.34. The summed E-state index contributed by atoms with van der Waals surface area (Å²) in [5.41, 5.74) is 7.09. The topological polar surface area (TPSA) is 82.8 Å². The average molecular weight is 350 g/mol. The number of nitrogens with two attached hydrogens (primary N) is 1. The van der Waals surface area contributed by atoms with Crippen LogP contribution < -0.4 is 20.5 Å². The van der Waals surface area contributed by atoms with Crippen LogP contribution in [-0.2, 0) is 9.53 Å². The molecule has 2 rings (SSSR count). The number of benzene rings is 1. The van der Waals surface area contributed by atoms with Crippen LogP contribution in [0.15, 0.2) is 18.2 Å².